The molecule has 0 bridgehead atoms. The Balaban J connectivity index is 0. The van der Waals surface area contributed by atoms with Crippen LogP contribution in [0.5, 0.6) is 0 Å². The molecule has 3 heteroatoms. The zero-order valence-corrected chi connectivity index (χ0v) is 3.50. The summed E-state index contributed by atoms with van der Waals surface area (Å²) < 4.78 is 0. The summed E-state index contributed by atoms with van der Waals surface area (Å²) in [5.41, 5.74) is 5.36. The first kappa shape index (κ1) is 8.86. The number of rotatable bonds is 1. The van der Waals surface area contributed by atoms with Gasteiger partial charge in [-0.3, -0.25) is 10.9 Å². The number of hydrazine groups is 1. The van der Waals surface area contributed by atoms with Crippen molar-refractivity contribution in [1.29, 1.82) is 0 Å². The Morgan fingerprint density at radius 1 is 1.00 bits per heavy atom. The quantitative estimate of drug-likeness (QED) is 0.376. The monoisotopic (exact) mass is 78.1 g/mol. The van der Waals surface area contributed by atoms with E-state index >= 15 is 0 Å². The summed E-state index contributed by atoms with van der Waals surface area (Å²) in [5.74, 6) is 0. The van der Waals surface area contributed by atoms with E-state index in [0.29, 0.717) is 0 Å². The molecule has 0 saturated heterocycles. The molecule has 0 aromatic heterocycles. The van der Waals surface area contributed by atoms with Gasteiger partial charge in [0.05, 0.1) is 0 Å². The van der Waals surface area contributed by atoms with Crippen molar-refractivity contribution in [2.45, 2.75) is 0 Å². The summed E-state index contributed by atoms with van der Waals surface area (Å²) in [7, 11) is 3.64. The largest absolute Gasteiger partial charge is 0.412 e. The molecule has 0 aliphatic rings. The fourth-order valence-electron chi connectivity index (χ4n) is 0. The van der Waals surface area contributed by atoms with Gasteiger partial charge in [0.1, 0.15) is 0 Å². The van der Waals surface area contributed by atoms with E-state index in [1.54, 1.807) is 0 Å². The molecular weight excluding hydrogens is 68.0 g/mol. The summed E-state index contributed by atoms with van der Waals surface area (Å²) in [4.78, 5) is 0. The molecule has 4 N–H and O–H groups in total. The number of nitrogens with one attached hydrogen (secondary N) is 2. The highest BCUT2D eigenvalue weighted by molar-refractivity contribution is 3.99. The molecule has 0 atom stereocenters. The second-order valence-electron chi connectivity index (χ2n) is 0.500. The molecule has 0 aliphatic carbocycles. The molecule has 0 unspecified atom stereocenters. The van der Waals surface area contributed by atoms with Crippen LogP contribution in [0.3, 0.4) is 0 Å². The third kappa shape index (κ3) is 17.7. The highest BCUT2D eigenvalue weighted by atomic mass is 16.0. The topological polar surface area (TPSA) is 55.6 Å². The molecule has 0 fully saturated rings. The van der Waals surface area contributed by atoms with Gasteiger partial charge in [0.2, 0.25) is 0 Å². The normalized spacial score (nSPS) is 6.00. The van der Waals surface area contributed by atoms with Crippen molar-refractivity contribution < 1.29 is 5.48 Å². The van der Waals surface area contributed by atoms with Crippen LogP contribution in [0.1, 0.15) is 0 Å². The molecule has 0 spiro atoms. The van der Waals surface area contributed by atoms with Crippen LogP contribution >= 0.6 is 0 Å². The van der Waals surface area contributed by atoms with Gasteiger partial charge in [-0.1, -0.05) is 0 Å². The van der Waals surface area contributed by atoms with Gasteiger partial charge in [0, 0.05) is 0 Å². The Morgan fingerprint density at radius 2 is 1.20 bits per heavy atom. The lowest BCUT2D eigenvalue weighted by Gasteiger charge is -1.81. The van der Waals surface area contributed by atoms with Gasteiger partial charge in [0.15, 0.2) is 0 Å². The first-order valence-corrected chi connectivity index (χ1v) is 1.25. The van der Waals surface area contributed by atoms with Crippen LogP contribution in [-0.4, -0.2) is 19.6 Å². The molecule has 0 saturated carbocycles. The Bertz CT molecular complexity index is 9.61. The molecule has 0 aromatic rings. The minimum atomic E-state index is 0. The maximum Gasteiger partial charge on any atom is -0.00150 e. The minimum absolute atomic E-state index is 0. The van der Waals surface area contributed by atoms with Crippen molar-refractivity contribution in [3.8, 4) is 0 Å². The molecule has 0 rings (SSSR count). The Morgan fingerprint density at radius 3 is 1.20 bits per heavy atom. The lowest BCUT2D eigenvalue weighted by molar-refractivity contribution is 0.689. The van der Waals surface area contributed by atoms with Crippen LogP contribution in [0.4, 0.5) is 0 Å². The van der Waals surface area contributed by atoms with E-state index in [1.165, 1.54) is 0 Å². The van der Waals surface area contributed by atoms with Gasteiger partial charge in [-0.15, -0.1) is 0 Å². The van der Waals surface area contributed by atoms with Crippen LogP contribution in [0.2, 0.25) is 0 Å². The second-order valence-corrected chi connectivity index (χ2v) is 0.500. The van der Waals surface area contributed by atoms with Crippen LogP contribution in [0.25, 0.3) is 0 Å². The van der Waals surface area contributed by atoms with Gasteiger partial charge in [-0.2, -0.15) is 0 Å². The Labute approximate surface area is 31.7 Å². The predicted molar refractivity (Wildman–Crippen MR) is 21.7 cm³/mol. The van der Waals surface area contributed by atoms with Crippen molar-refractivity contribution in [3.63, 3.8) is 0 Å². The zero-order chi connectivity index (χ0) is 3.41. The smallest absolute Gasteiger partial charge is 0.00150 e. The first-order valence-electron chi connectivity index (χ1n) is 1.25. The van der Waals surface area contributed by atoms with E-state index in [-0.39, 0.29) is 5.48 Å². The molecule has 5 heavy (non-hydrogen) atoms. The molecule has 0 radical (unpaired) electrons. The van der Waals surface area contributed by atoms with E-state index in [4.69, 9.17) is 0 Å². The minimum Gasteiger partial charge on any atom is -0.412 e. The first-order chi connectivity index (χ1) is 1.91. The van der Waals surface area contributed by atoms with Crippen LogP contribution in [0.15, 0.2) is 0 Å². The van der Waals surface area contributed by atoms with E-state index in [2.05, 4.69) is 10.9 Å². The lowest BCUT2D eigenvalue weighted by atomic mass is 11.4. The van der Waals surface area contributed by atoms with E-state index in [1.807, 2.05) is 14.1 Å². The van der Waals surface area contributed by atoms with Gasteiger partial charge < -0.3 is 5.48 Å². The SMILES string of the molecule is CNNC.O. The van der Waals surface area contributed by atoms with Crippen molar-refractivity contribution in [2.75, 3.05) is 14.1 Å². The van der Waals surface area contributed by atoms with Gasteiger partial charge >= 0.3 is 0 Å². The third-order valence-corrected chi connectivity index (χ3v) is 0.250. The highest BCUT2D eigenvalue weighted by Crippen LogP contribution is 1.07. The van der Waals surface area contributed by atoms with Gasteiger partial charge in [-0.25, -0.2) is 0 Å². The fourth-order valence-corrected chi connectivity index (χ4v) is 0. The summed E-state index contributed by atoms with van der Waals surface area (Å²) in [6, 6.07) is 0. The molecule has 0 amide bonds. The Kier molecular flexibility index (Phi) is 16.1. The average Bonchev–Trinajstić information content (AvgIpc) is 1.37. The maximum absolute atomic E-state index is 2.68. The van der Waals surface area contributed by atoms with Gasteiger partial charge in [0.25, 0.3) is 0 Å². The van der Waals surface area contributed by atoms with Crippen molar-refractivity contribution in [2.24, 2.45) is 0 Å². The standard InChI is InChI=1S/C2H8N2.H2O/c1-3-4-2;/h3-4H,1-2H3;1H2. The highest BCUT2D eigenvalue weighted by Gasteiger charge is 1.44. The van der Waals surface area contributed by atoms with Crippen LogP contribution in [0, 0.1) is 0 Å². The molecule has 0 heterocycles. The zero-order valence-electron chi connectivity index (χ0n) is 3.50. The second kappa shape index (κ2) is 9.11. The van der Waals surface area contributed by atoms with E-state index < -0.39 is 0 Å². The summed E-state index contributed by atoms with van der Waals surface area (Å²) in [5, 5.41) is 0. The van der Waals surface area contributed by atoms with E-state index in [0.717, 1.165) is 0 Å². The lowest BCUT2D eigenvalue weighted by Crippen LogP contribution is -2.21. The average molecular weight is 78.1 g/mol. The molecule has 0 aliphatic heterocycles. The molecule has 0 aromatic carbocycles. The summed E-state index contributed by atoms with van der Waals surface area (Å²) in [6.45, 7) is 0. The maximum atomic E-state index is 2.68. The van der Waals surface area contributed by atoms with E-state index in [9.17, 15) is 0 Å². The van der Waals surface area contributed by atoms with Crippen molar-refractivity contribution in [3.05, 3.63) is 0 Å². The third-order valence-electron chi connectivity index (χ3n) is 0.250. The van der Waals surface area contributed by atoms with Crippen molar-refractivity contribution >= 4 is 0 Å². The summed E-state index contributed by atoms with van der Waals surface area (Å²) in [6.07, 6.45) is 0. The van der Waals surface area contributed by atoms with Crippen LogP contribution in [-0.2, 0) is 0 Å². The summed E-state index contributed by atoms with van der Waals surface area (Å²) >= 11 is 0. The fraction of sp³-hybridized carbons (Fsp3) is 1.00. The van der Waals surface area contributed by atoms with Crippen molar-refractivity contribution in [1.82, 2.24) is 10.9 Å². The number of hydrogen-bond donors (Lipinski definition) is 2. The Hall–Kier alpha value is -0.120. The predicted octanol–water partition coefficient (Wildman–Crippen LogP) is -1.48. The number of hydrogen-bond acceptors (Lipinski definition) is 2. The van der Waals surface area contributed by atoms with Gasteiger partial charge in [-0.05, 0) is 14.1 Å². The molecule has 3 nitrogen and oxygen atoms in total. The van der Waals surface area contributed by atoms with Crippen LogP contribution < -0.4 is 10.9 Å². The molecule has 34 valence electrons. The molecular formula is C2H10N2O.